The highest BCUT2D eigenvalue weighted by Gasteiger charge is 2.27. The molecular weight excluding hydrogens is 314 g/mol. The van der Waals surface area contributed by atoms with Crippen LogP contribution in [0, 0.1) is 5.92 Å². The number of quaternary nitrogens is 1. The average Bonchev–Trinajstić information content (AvgIpc) is 2.66. The Morgan fingerprint density at radius 2 is 1.88 bits per heavy atom. The van der Waals surface area contributed by atoms with E-state index in [9.17, 15) is 4.79 Å². The predicted molar refractivity (Wildman–Crippen MR) is 99.0 cm³/mol. The highest BCUT2D eigenvalue weighted by atomic mass is 16.5. The van der Waals surface area contributed by atoms with Gasteiger partial charge in [0.05, 0.1) is 38.8 Å². The molecule has 1 fully saturated rings. The van der Waals surface area contributed by atoms with Crippen LogP contribution in [0.5, 0.6) is 5.75 Å². The van der Waals surface area contributed by atoms with E-state index < -0.39 is 0 Å². The van der Waals surface area contributed by atoms with Gasteiger partial charge in [-0.2, -0.15) is 0 Å². The summed E-state index contributed by atoms with van der Waals surface area (Å²) >= 11 is 0. The van der Waals surface area contributed by atoms with Gasteiger partial charge in [-0.05, 0) is 29.8 Å². The van der Waals surface area contributed by atoms with Gasteiger partial charge in [-0.3, -0.25) is 4.79 Å². The Morgan fingerprint density at radius 1 is 1.12 bits per heavy atom. The number of fused-ring (bicyclic) bond motifs is 1. The first kappa shape index (κ1) is 17.7. The normalized spacial score (nSPS) is 20.4. The molecule has 0 aliphatic carbocycles. The van der Waals surface area contributed by atoms with E-state index in [0.717, 1.165) is 51.3 Å². The molecular formula is C21H28NO3+. The first-order valence-electron chi connectivity index (χ1n) is 9.38. The van der Waals surface area contributed by atoms with Gasteiger partial charge >= 0.3 is 5.97 Å². The molecule has 3 rings (SSSR count). The van der Waals surface area contributed by atoms with Crippen LogP contribution in [0.2, 0.25) is 0 Å². The Morgan fingerprint density at radius 3 is 2.64 bits per heavy atom. The molecule has 1 aliphatic heterocycles. The van der Waals surface area contributed by atoms with Crippen molar-refractivity contribution in [3.8, 4) is 5.75 Å². The van der Waals surface area contributed by atoms with Gasteiger partial charge in [0.25, 0.3) is 0 Å². The van der Waals surface area contributed by atoms with Crippen LogP contribution in [-0.2, 0) is 9.53 Å². The molecule has 0 atom stereocenters. The van der Waals surface area contributed by atoms with Crippen LogP contribution in [0.1, 0.15) is 26.2 Å². The van der Waals surface area contributed by atoms with E-state index in [0.29, 0.717) is 6.61 Å². The first-order chi connectivity index (χ1) is 12.3. The summed E-state index contributed by atoms with van der Waals surface area (Å²) < 4.78 is 11.0. The average molecular weight is 342 g/mol. The van der Waals surface area contributed by atoms with Gasteiger partial charge < -0.3 is 14.4 Å². The molecule has 0 saturated carbocycles. The maximum absolute atomic E-state index is 11.8. The summed E-state index contributed by atoms with van der Waals surface area (Å²) in [6.07, 6.45) is 2.92. The van der Waals surface area contributed by atoms with Gasteiger partial charge in [0.15, 0.2) is 0 Å². The van der Waals surface area contributed by atoms with E-state index in [2.05, 4.69) is 36.4 Å². The topological polar surface area (TPSA) is 40.0 Å². The van der Waals surface area contributed by atoms with Gasteiger partial charge in [0.1, 0.15) is 5.75 Å². The van der Waals surface area contributed by atoms with Gasteiger partial charge in [-0.15, -0.1) is 0 Å². The third kappa shape index (κ3) is 4.95. The second kappa shape index (κ2) is 8.86. The van der Waals surface area contributed by atoms with E-state index >= 15 is 0 Å². The fourth-order valence-electron chi connectivity index (χ4n) is 3.54. The molecule has 1 saturated heterocycles. The summed E-state index contributed by atoms with van der Waals surface area (Å²) in [5, 5.41) is 2.45. The molecule has 25 heavy (non-hydrogen) atoms. The molecule has 1 aliphatic rings. The molecule has 4 nitrogen and oxygen atoms in total. The number of likely N-dealkylation sites (tertiary alicyclic amines) is 1. The van der Waals surface area contributed by atoms with Crippen molar-refractivity contribution in [1.82, 2.24) is 0 Å². The lowest BCUT2D eigenvalue weighted by Crippen LogP contribution is -3.13. The Balaban J connectivity index is 1.36. The number of hydrogen-bond acceptors (Lipinski definition) is 3. The van der Waals surface area contributed by atoms with E-state index in [1.807, 2.05) is 13.0 Å². The monoisotopic (exact) mass is 342 g/mol. The molecule has 2 aromatic carbocycles. The summed E-state index contributed by atoms with van der Waals surface area (Å²) in [6.45, 7) is 6.30. The van der Waals surface area contributed by atoms with Crippen LogP contribution in [-0.4, -0.2) is 38.8 Å². The Kier molecular flexibility index (Phi) is 6.29. The second-order valence-electron chi connectivity index (χ2n) is 6.74. The lowest BCUT2D eigenvalue weighted by atomic mass is 9.97. The van der Waals surface area contributed by atoms with Crippen molar-refractivity contribution in [3.05, 3.63) is 42.5 Å². The fraction of sp³-hybridized carbons (Fsp3) is 0.476. The fourth-order valence-corrected chi connectivity index (χ4v) is 3.54. The Labute approximate surface area is 149 Å². The number of carbonyl (C=O) groups is 1. The number of carbonyl (C=O) groups excluding carboxylic acids is 1. The third-order valence-electron chi connectivity index (χ3n) is 4.98. The van der Waals surface area contributed by atoms with Crippen molar-refractivity contribution in [1.29, 1.82) is 0 Å². The zero-order valence-corrected chi connectivity index (χ0v) is 15.0. The van der Waals surface area contributed by atoms with E-state index in [4.69, 9.17) is 9.47 Å². The smallest absolute Gasteiger partial charge is 0.309 e. The Hall–Kier alpha value is -2.07. The molecule has 2 aromatic rings. The van der Waals surface area contributed by atoms with Crippen LogP contribution >= 0.6 is 0 Å². The molecule has 4 heteroatoms. The highest BCUT2D eigenvalue weighted by molar-refractivity contribution is 5.83. The number of piperidine rings is 1. The van der Waals surface area contributed by atoms with Crippen molar-refractivity contribution in [3.63, 3.8) is 0 Å². The van der Waals surface area contributed by atoms with Crippen molar-refractivity contribution < 1.29 is 19.2 Å². The van der Waals surface area contributed by atoms with Gasteiger partial charge in [0.2, 0.25) is 0 Å². The summed E-state index contributed by atoms with van der Waals surface area (Å²) in [5.74, 6) is 1.04. The van der Waals surface area contributed by atoms with Crippen molar-refractivity contribution >= 4 is 16.7 Å². The van der Waals surface area contributed by atoms with Crippen LogP contribution in [0.25, 0.3) is 10.8 Å². The molecule has 134 valence electrons. The number of nitrogens with one attached hydrogen (secondary N) is 1. The summed E-state index contributed by atoms with van der Waals surface area (Å²) in [4.78, 5) is 13.3. The van der Waals surface area contributed by atoms with Gasteiger partial charge in [0, 0.05) is 19.3 Å². The molecule has 0 unspecified atom stereocenters. The lowest BCUT2D eigenvalue weighted by Gasteiger charge is -2.28. The van der Waals surface area contributed by atoms with Crippen molar-refractivity contribution in [2.24, 2.45) is 5.92 Å². The number of rotatable bonds is 7. The highest BCUT2D eigenvalue weighted by Crippen LogP contribution is 2.20. The molecule has 0 aromatic heterocycles. The minimum absolute atomic E-state index is 0.0128. The molecule has 0 spiro atoms. The van der Waals surface area contributed by atoms with Gasteiger partial charge in [-0.1, -0.05) is 30.3 Å². The van der Waals surface area contributed by atoms with E-state index in [-0.39, 0.29) is 11.9 Å². The molecule has 0 bridgehead atoms. The SMILES string of the molecule is CCOC(=O)C1CC[NH+](CCCOc2ccc3ccccc3c2)CC1. The maximum atomic E-state index is 11.8. The van der Waals surface area contributed by atoms with Gasteiger partial charge in [-0.25, -0.2) is 0 Å². The number of ether oxygens (including phenoxy) is 2. The molecule has 1 N–H and O–H groups in total. The molecule has 1 heterocycles. The van der Waals surface area contributed by atoms with Crippen LogP contribution in [0.4, 0.5) is 0 Å². The number of benzene rings is 2. The quantitative estimate of drug-likeness (QED) is 0.621. The summed E-state index contributed by atoms with van der Waals surface area (Å²) in [7, 11) is 0. The summed E-state index contributed by atoms with van der Waals surface area (Å²) in [5.41, 5.74) is 0. The second-order valence-corrected chi connectivity index (χ2v) is 6.74. The maximum Gasteiger partial charge on any atom is 0.309 e. The minimum atomic E-state index is -0.0128. The first-order valence-corrected chi connectivity index (χ1v) is 9.38. The number of esters is 1. The third-order valence-corrected chi connectivity index (χ3v) is 4.98. The predicted octanol–water partition coefficient (Wildman–Crippen LogP) is 2.47. The molecule has 0 amide bonds. The molecule has 0 radical (unpaired) electrons. The largest absolute Gasteiger partial charge is 0.493 e. The van der Waals surface area contributed by atoms with Crippen LogP contribution < -0.4 is 9.64 Å². The lowest BCUT2D eigenvalue weighted by molar-refractivity contribution is -0.906. The van der Waals surface area contributed by atoms with Crippen LogP contribution in [0.3, 0.4) is 0 Å². The minimum Gasteiger partial charge on any atom is -0.493 e. The summed E-state index contributed by atoms with van der Waals surface area (Å²) in [6, 6.07) is 14.6. The number of hydrogen-bond donors (Lipinski definition) is 1. The van der Waals surface area contributed by atoms with Crippen molar-refractivity contribution in [2.75, 3.05) is 32.8 Å². The zero-order chi connectivity index (χ0) is 17.5. The van der Waals surface area contributed by atoms with E-state index in [1.54, 1.807) is 4.90 Å². The van der Waals surface area contributed by atoms with Crippen molar-refractivity contribution in [2.45, 2.75) is 26.2 Å². The van der Waals surface area contributed by atoms with Crippen LogP contribution in [0.15, 0.2) is 42.5 Å². The standard InChI is InChI=1S/C21H27NO3/c1-2-24-21(23)18-10-13-22(14-11-18)12-5-15-25-20-9-8-17-6-3-4-7-19(17)16-20/h3-4,6-9,16,18H,2,5,10-15H2,1H3/p+1. The Bertz CT molecular complexity index is 692. The van der Waals surface area contributed by atoms with E-state index in [1.165, 1.54) is 10.8 Å². The zero-order valence-electron chi connectivity index (χ0n) is 15.0.